The Labute approximate surface area is 154 Å². The summed E-state index contributed by atoms with van der Waals surface area (Å²) in [6, 6.07) is 7.36. The van der Waals surface area contributed by atoms with Crippen molar-refractivity contribution >= 4 is 23.5 Å². The van der Waals surface area contributed by atoms with Crippen molar-refractivity contribution < 1.29 is 14.4 Å². The molecule has 2 aliphatic rings. The predicted octanol–water partition coefficient (Wildman–Crippen LogP) is 3.22. The fourth-order valence-corrected chi connectivity index (χ4v) is 3.93. The Hall–Kier alpha value is -2.37. The summed E-state index contributed by atoms with van der Waals surface area (Å²) in [6.45, 7) is 2.21. The smallest absolute Gasteiger partial charge is 0.325 e. The molecule has 0 aromatic heterocycles. The molecule has 2 fully saturated rings. The van der Waals surface area contributed by atoms with Crippen molar-refractivity contribution in [1.29, 1.82) is 0 Å². The topological polar surface area (TPSA) is 78.5 Å². The maximum Gasteiger partial charge on any atom is 0.325 e. The molecule has 1 heterocycles. The summed E-state index contributed by atoms with van der Waals surface area (Å²) in [5.41, 5.74) is 1.18. The van der Waals surface area contributed by atoms with Crippen LogP contribution in [0.4, 0.5) is 10.5 Å². The van der Waals surface area contributed by atoms with Gasteiger partial charge >= 0.3 is 6.03 Å². The van der Waals surface area contributed by atoms with E-state index < -0.39 is 5.54 Å². The number of anilines is 1. The van der Waals surface area contributed by atoms with E-state index in [1.54, 1.807) is 0 Å². The molecular formula is C20H27N3O3. The summed E-state index contributed by atoms with van der Waals surface area (Å²) in [4.78, 5) is 38.5. The van der Waals surface area contributed by atoms with E-state index in [4.69, 9.17) is 0 Å². The standard InChI is InChI=1S/C20H27N3O3/c1-2-8-15-9-4-5-10-16(15)21-17(24)11-14-23-18(25)20(22-19(23)26)12-6-3-7-13-20/h4-5,9-10H,2-3,6-8,11-14H2,1H3,(H,21,24)(H,22,26). The van der Waals surface area contributed by atoms with Gasteiger partial charge in [0.15, 0.2) is 0 Å². The van der Waals surface area contributed by atoms with Crippen LogP contribution in [-0.4, -0.2) is 34.8 Å². The molecule has 1 aliphatic heterocycles. The highest BCUT2D eigenvalue weighted by atomic mass is 16.2. The van der Waals surface area contributed by atoms with Gasteiger partial charge in [0.2, 0.25) is 5.91 Å². The summed E-state index contributed by atoms with van der Waals surface area (Å²) in [5.74, 6) is -0.347. The second-order valence-corrected chi connectivity index (χ2v) is 7.24. The maximum absolute atomic E-state index is 12.7. The number of hydrogen-bond acceptors (Lipinski definition) is 3. The van der Waals surface area contributed by atoms with Gasteiger partial charge in [-0.3, -0.25) is 14.5 Å². The lowest BCUT2D eigenvalue weighted by Gasteiger charge is -2.30. The number of carbonyl (C=O) groups is 3. The molecule has 1 saturated heterocycles. The number of carbonyl (C=O) groups excluding carboxylic acids is 3. The van der Waals surface area contributed by atoms with Crippen LogP contribution in [0.1, 0.15) is 57.4 Å². The highest BCUT2D eigenvalue weighted by molar-refractivity contribution is 6.07. The molecule has 4 amide bonds. The molecule has 0 bridgehead atoms. The molecule has 2 N–H and O–H groups in total. The summed E-state index contributed by atoms with van der Waals surface area (Å²) >= 11 is 0. The number of rotatable bonds is 6. The van der Waals surface area contributed by atoms with Crippen LogP contribution in [0, 0.1) is 0 Å². The zero-order valence-electron chi connectivity index (χ0n) is 15.3. The van der Waals surface area contributed by atoms with Crippen molar-refractivity contribution in [2.75, 3.05) is 11.9 Å². The van der Waals surface area contributed by atoms with Crippen LogP contribution >= 0.6 is 0 Å². The van der Waals surface area contributed by atoms with Gasteiger partial charge in [0.25, 0.3) is 5.91 Å². The van der Waals surface area contributed by atoms with E-state index in [-0.39, 0.29) is 30.8 Å². The van der Waals surface area contributed by atoms with Gasteiger partial charge in [-0.15, -0.1) is 0 Å². The second kappa shape index (κ2) is 7.89. The van der Waals surface area contributed by atoms with Crippen LogP contribution in [0.15, 0.2) is 24.3 Å². The van der Waals surface area contributed by atoms with Gasteiger partial charge in [0.05, 0.1) is 0 Å². The molecule has 1 spiro atoms. The molecule has 1 aromatic rings. The third-order valence-electron chi connectivity index (χ3n) is 5.33. The van der Waals surface area contributed by atoms with Crippen molar-refractivity contribution in [1.82, 2.24) is 10.2 Å². The molecular weight excluding hydrogens is 330 g/mol. The van der Waals surface area contributed by atoms with E-state index in [0.717, 1.165) is 43.4 Å². The van der Waals surface area contributed by atoms with E-state index in [9.17, 15) is 14.4 Å². The normalized spacial score (nSPS) is 18.9. The number of urea groups is 1. The minimum atomic E-state index is -0.723. The highest BCUT2D eigenvalue weighted by Crippen LogP contribution is 2.33. The number of amides is 4. The van der Waals surface area contributed by atoms with E-state index in [0.29, 0.717) is 12.8 Å². The van der Waals surface area contributed by atoms with Crippen molar-refractivity contribution in [3.63, 3.8) is 0 Å². The van der Waals surface area contributed by atoms with Crippen molar-refractivity contribution in [3.05, 3.63) is 29.8 Å². The number of para-hydroxylation sites is 1. The molecule has 0 unspecified atom stereocenters. The number of imide groups is 1. The van der Waals surface area contributed by atoms with Crippen LogP contribution in [0.3, 0.4) is 0 Å². The molecule has 140 valence electrons. The number of hydrogen-bond donors (Lipinski definition) is 2. The second-order valence-electron chi connectivity index (χ2n) is 7.24. The van der Waals surface area contributed by atoms with E-state index in [2.05, 4.69) is 17.6 Å². The first kappa shape index (κ1) is 18.4. The molecule has 0 radical (unpaired) electrons. The van der Waals surface area contributed by atoms with E-state index in [1.165, 1.54) is 4.90 Å². The molecule has 1 aromatic carbocycles. The van der Waals surface area contributed by atoms with Crippen molar-refractivity contribution in [2.24, 2.45) is 0 Å². The summed E-state index contributed by atoms with van der Waals surface area (Å²) in [6.07, 6.45) is 6.40. The maximum atomic E-state index is 12.7. The fraction of sp³-hybridized carbons (Fsp3) is 0.550. The zero-order chi connectivity index (χ0) is 18.6. The first-order valence-electron chi connectivity index (χ1n) is 9.57. The van der Waals surface area contributed by atoms with Gasteiger partial charge in [-0.05, 0) is 30.9 Å². The average Bonchev–Trinajstić information content (AvgIpc) is 2.85. The Morgan fingerprint density at radius 1 is 1.19 bits per heavy atom. The molecule has 26 heavy (non-hydrogen) atoms. The molecule has 6 heteroatoms. The van der Waals surface area contributed by atoms with Crippen molar-refractivity contribution in [2.45, 2.75) is 63.8 Å². The summed E-state index contributed by atoms with van der Waals surface area (Å²) < 4.78 is 0. The number of nitrogens with zero attached hydrogens (tertiary/aromatic N) is 1. The van der Waals surface area contributed by atoms with Crippen LogP contribution in [0.2, 0.25) is 0 Å². The van der Waals surface area contributed by atoms with Gasteiger partial charge in [-0.1, -0.05) is 50.8 Å². The third kappa shape index (κ3) is 3.74. The molecule has 1 aliphatic carbocycles. The van der Waals surface area contributed by atoms with Crippen LogP contribution in [-0.2, 0) is 16.0 Å². The molecule has 6 nitrogen and oxygen atoms in total. The SMILES string of the molecule is CCCc1ccccc1NC(=O)CCN1C(=O)NC2(CCCCC2)C1=O. The van der Waals surface area contributed by atoms with Crippen LogP contribution in [0.5, 0.6) is 0 Å². The fourth-order valence-electron chi connectivity index (χ4n) is 3.93. The Balaban J connectivity index is 1.58. The van der Waals surface area contributed by atoms with Crippen LogP contribution < -0.4 is 10.6 Å². The minimum Gasteiger partial charge on any atom is -0.326 e. The Bertz CT molecular complexity index is 695. The Morgan fingerprint density at radius 3 is 2.65 bits per heavy atom. The largest absolute Gasteiger partial charge is 0.326 e. The Morgan fingerprint density at radius 2 is 1.92 bits per heavy atom. The number of aryl methyl sites for hydroxylation is 1. The predicted molar refractivity (Wildman–Crippen MR) is 99.7 cm³/mol. The summed E-state index contributed by atoms with van der Waals surface area (Å²) in [5, 5.41) is 5.79. The lowest BCUT2D eigenvalue weighted by Crippen LogP contribution is -2.48. The Kier molecular flexibility index (Phi) is 5.59. The first-order valence-corrected chi connectivity index (χ1v) is 9.57. The monoisotopic (exact) mass is 357 g/mol. The van der Waals surface area contributed by atoms with Gasteiger partial charge < -0.3 is 10.6 Å². The quantitative estimate of drug-likeness (QED) is 0.767. The molecule has 1 saturated carbocycles. The first-order chi connectivity index (χ1) is 12.6. The van der Waals surface area contributed by atoms with E-state index >= 15 is 0 Å². The van der Waals surface area contributed by atoms with Gasteiger partial charge in [0.1, 0.15) is 5.54 Å². The van der Waals surface area contributed by atoms with Gasteiger partial charge in [-0.25, -0.2) is 4.79 Å². The number of benzene rings is 1. The summed E-state index contributed by atoms with van der Waals surface area (Å²) in [7, 11) is 0. The molecule has 0 atom stereocenters. The minimum absolute atomic E-state index is 0.107. The van der Waals surface area contributed by atoms with E-state index in [1.807, 2.05) is 24.3 Å². The van der Waals surface area contributed by atoms with Gasteiger partial charge in [0, 0.05) is 18.7 Å². The zero-order valence-corrected chi connectivity index (χ0v) is 15.3. The number of nitrogens with one attached hydrogen (secondary N) is 2. The highest BCUT2D eigenvalue weighted by Gasteiger charge is 2.51. The third-order valence-corrected chi connectivity index (χ3v) is 5.33. The average molecular weight is 357 g/mol. The molecule has 3 rings (SSSR count). The van der Waals surface area contributed by atoms with Crippen LogP contribution in [0.25, 0.3) is 0 Å². The van der Waals surface area contributed by atoms with Crippen molar-refractivity contribution in [3.8, 4) is 0 Å². The van der Waals surface area contributed by atoms with Gasteiger partial charge in [-0.2, -0.15) is 0 Å². The lowest BCUT2D eigenvalue weighted by atomic mass is 9.82. The lowest BCUT2D eigenvalue weighted by molar-refractivity contribution is -0.132.